The zero-order valence-electron chi connectivity index (χ0n) is 20.2. The van der Waals surface area contributed by atoms with Gasteiger partial charge >= 0.3 is 12.1 Å². The minimum Gasteiger partial charge on any atom is -0.446 e. The van der Waals surface area contributed by atoms with Crippen LogP contribution in [0.3, 0.4) is 0 Å². The summed E-state index contributed by atoms with van der Waals surface area (Å²) in [4.78, 5) is 37.8. The summed E-state index contributed by atoms with van der Waals surface area (Å²) in [7, 11) is 0. The highest BCUT2D eigenvalue weighted by atomic mass is 35.5. The van der Waals surface area contributed by atoms with Crippen LogP contribution in [0, 0.1) is 28.6 Å². The number of ether oxygens (including phenoxy) is 3. The highest BCUT2D eigenvalue weighted by Gasteiger charge is 2.79. The Labute approximate surface area is 207 Å². The zero-order valence-corrected chi connectivity index (χ0v) is 20.9. The first-order valence-electron chi connectivity index (χ1n) is 11.9. The van der Waals surface area contributed by atoms with Crippen LogP contribution < -0.4 is 0 Å². The molecule has 1 N–H and O–H groups in total. The maximum absolute atomic E-state index is 17.3. The van der Waals surface area contributed by atoms with E-state index in [4.69, 9.17) is 25.8 Å². The molecular weight excluding hydrogens is 486 g/mol. The summed E-state index contributed by atoms with van der Waals surface area (Å²) in [5.74, 6) is -3.72. The van der Waals surface area contributed by atoms with E-state index < -0.39 is 76.1 Å². The zero-order chi connectivity index (χ0) is 26.0. The Balaban J connectivity index is 1.86. The SMILES string of the molecule is CCOC(=O)O[C@]1(C(=O)OCCl)[C@H](C)CC2C3C[C@H](F)C4=CC(=O)C=C[C@]4(C)[C@@]3(F)[C@@H](O)C[C@@]21C. The number of aliphatic hydroxyl groups excluding tert-OH is 1. The molecular formula is C25H31ClF2O7. The van der Waals surface area contributed by atoms with Gasteiger partial charge in [-0.15, -0.1) is 0 Å². The Morgan fingerprint density at radius 1 is 1.23 bits per heavy atom. The van der Waals surface area contributed by atoms with Gasteiger partial charge < -0.3 is 19.3 Å². The van der Waals surface area contributed by atoms with Crippen LogP contribution in [-0.2, 0) is 23.8 Å². The third kappa shape index (κ3) is 3.26. The molecule has 0 saturated heterocycles. The largest absolute Gasteiger partial charge is 0.509 e. The molecule has 0 aromatic rings. The lowest BCUT2D eigenvalue weighted by atomic mass is 9.44. The van der Waals surface area contributed by atoms with Crippen molar-refractivity contribution in [2.24, 2.45) is 28.6 Å². The van der Waals surface area contributed by atoms with Gasteiger partial charge in [-0.1, -0.05) is 31.5 Å². The molecule has 0 amide bonds. The van der Waals surface area contributed by atoms with Crippen molar-refractivity contribution < 1.29 is 42.5 Å². The highest BCUT2D eigenvalue weighted by Crippen LogP contribution is 2.71. The molecule has 3 fully saturated rings. The fraction of sp³-hybridized carbons (Fsp3) is 0.720. The van der Waals surface area contributed by atoms with Crippen LogP contribution in [0.1, 0.15) is 47.0 Å². The van der Waals surface area contributed by atoms with Crippen LogP contribution in [0.5, 0.6) is 0 Å². The number of esters is 1. The minimum absolute atomic E-state index is 0.00507. The first-order valence-corrected chi connectivity index (χ1v) is 12.4. The number of halogens is 3. The minimum atomic E-state index is -2.32. The van der Waals surface area contributed by atoms with Crippen LogP contribution in [0.2, 0.25) is 0 Å². The molecule has 4 aliphatic rings. The number of carbonyl (C=O) groups is 3. The number of allylic oxidation sites excluding steroid dienone is 4. The number of ketones is 1. The fourth-order valence-corrected chi connectivity index (χ4v) is 7.75. The van der Waals surface area contributed by atoms with Gasteiger partial charge in [-0.25, -0.2) is 18.4 Å². The molecule has 3 saturated carbocycles. The number of alkyl halides is 3. The summed E-state index contributed by atoms with van der Waals surface area (Å²) < 4.78 is 48.6. The van der Waals surface area contributed by atoms with Gasteiger partial charge in [0.25, 0.3) is 0 Å². The van der Waals surface area contributed by atoms with Gasteiger partial charge in [-0.2, -0.15) is 0 Å². The van der Waals surface area contributed by atoms with Gasteiger partial charge in [0.1, 0.15) is 6.17 Å². The van der Waals surface area contributed by atoms with Gasteiger partial charge in [-0.3, -0.25) is 4.79 Å². The molecule has 0 spiro atoms. The van der Waals surface area contributed by atoms with E-state index in [0.717, 1.165) is 6.08 Å². The quantitative estimate of drug-likeness (QED) is 0.441. The predicted molar refractivity (Wildman–Crippen MR) is 121 cm³/mol. The molecule has 0 aromatic carbocycles. The van der Waals surface area contributed by atoms with E-state index in [9.17, 15) is 19.5 Å². The molecule has 4 rings (SSSR count). The summed E-state index contributed by atoms with van der Waals surface area (Å²) in [5, 5.41) is 11.4. The summed E-state index contributed by atoms with van der Waals surface area (Å²) in [6.45, 7) is 6.38. The van der Waals surface area contributed by atoms with E-state index in [1.807, 2.05) is 0 Å². The number of hydrogen-bond donors (Lipinski definition) is 1. The lowest BCUT2D eigenvalue weighted by Gasteiger charge is -2.62. The third-order valence-corrected chi connectivity index (χ3v) is 9.27. The molecule has 35 heavy (non-hydrogen) atoms. The molecule has 0 aromatic heterocycles. The lowest BCUT2D eigenvalue weighted by molar-refractivity contribution is -0.233. The van der Waals surface area contributed by atoms with Crippen LogP contribution in [-0.4, -0.2) is 59.2 Å². The van der Waals surface area contributed by atoms with Crippen LogP contribution in [0.4, 0.5) is 13.6 Å². The number of hydrogen-bond acceptors (Lipinski definition) is 7. The van der Waals surface area contributed by atoms with E-state index in [2.05, 4.69) is 0 Å². The van der Waals surface area contributed by atoms with Crippen molar-refractivity contribution in [2.75, 3.05) is 12.7 Å². The van der Waals surface area contributed by atoms with Crippen molar-refractivity contribution in [3.63, 3.8) is 0 Å². The van der Waals surface area contributed by atoms with Gasteiger partial charge in [-0.05, 0) is 56.8 Å². The maximum Gasteiger partial charge on any atom is 0.509 e. The molecule has 0 aliphatic heterocycles. The van der Waals surface area contributed by atoms with Gasteiger partial charge in [0.2, 0.25) is 5.60 Å². The van der Waals surface area contributed by atoms with Gasteiger partial charge in [0, 0.05) is 22.7 Å². The van der Waals surface area contributed by atoms with Crippen molar-refractivity contribution in [1.29, 1.82) is 0 Å². The Hall–Kier alpha value is -2.00. The van der Waals surface area contributed by atoms with Crippen molar-refractivity contribution in [1.82, 2.24) is 0 Å². The average Bonchev–Trinajstić information content (AvgIpc) is 2.99. The maximum atomic E-state index is 17.3. The highest BCUT2D eigenvalue weighted by molar-refractivity contribution is 6.17. The standard InChI is InChI=1S/C25H31ClF2O7/c1-5-33-21(32)35-25(20(31)34-12-26)13(2)8-15-16-10-18(27)17-9-14(29)6-7-22(17,3)24(16,28)19(30)11-23(15,25)4/h6-7,9,13,15-16,18-19,30H,5,8,10-12H2,1-4H3/t13-,15?,16?,18+,19+,22+,23+,24+,25+/m1/s1. The normalized spacial score (nSPS) is 46.1. The molecule has 2 unspecified atom stereocenters. The van der Waals surface area contributed by atoms with E-state index >= 15 is 8.78 Å². The Bertz CT molecular complexity index is 1000. The second kappa shape index (κ2) is 8.54. The Morgan fingerprint density at radius 2 is 1.91 bits per heavy atom. The molecule has 7 nitrogen and oxygen atoms in total. The molecule has 0 bridgehead atoms. The third-order valence-electron chi connectivity index (χ3n) is 9.16. The summed E-state index contributed by atoms with van der Waals surface area (Å²) in [6, 6.07) is -0.503. The van der Waals surface area contributed by atoms with E-state index in [0.29, 0.717) is 0 Å². The summed E-state index contributed by atoms with van der Waals surface area (Å²) >= 11 is 5.67. The molecule has 9 atom stereocenters. The Morgan fingerprint density at radius 3 is 2.54 bits per heavy atom. The number of rotatable bonds is 4. The first-order chi connectivity index (χ1) is 16.3. The monoisotopic (exact) mass is 516 g/mol. The smallest absolute Gasteiger partial charge is 0.446 e. The molecule has 0 heterocycles. The summed E-state index contributed by atoms with van der Waals surface area (Å²) in [6.07, 6.45) is -1.07. The van der Waals surface area contributed by atoms with Crippen LogP contribution >= 0.6 is 11.6 Å². The second-order valence-corrected chi connectivity index (χ2v) is 10.8. The summed E-state index contributed by atoms with van der Waals surface area (Å²) in [5.41, 5.74) is -7.11. The van der Waals surface area contributed by atoms with Gasteiger partial charge in [0.15, 0.2) is 17.5 Å². The van der Waals surface area contributed by atoms with Crippen molar-refractivity contribution >= 4 is 29.5 Å². The average molecular weight is 517 g/mol. The molecule has 0 radical (unpaired) electrons. The number of carbonyl (C=O) groups excluding carboxylic acids is 3. The van der Waals surface area contributed by atoms with Crippen molar-refractivity contribution in [2.45, 2.75) is 70.5 Å². The first kappa shape index (κ1) is 26.1. The van der Waals surface area contributed by atoms with Crippen molar-refractivity contribution in [3.05, 3.63) is 23.8 Å². The predicted octanol–water partition coefficient (Wildman–Crippen LogP) is 4.20. The topological polar surface area (TPSA) is 99.1 Å². The molecule has 4 aliphatic carbocycles. The van der Waals surface area contributed by atoms with E-state index in [1.165, 1.54) is 19.1 Å². The van der Waals surface area contributed by atoms with Crippen molar-refractivity contribution in [3.8, 4) is 0 Å². The second-order valence-electron chi connectivity index (χ2n) is 10.6. The molecule has 194 valence electrons. The van der Waals surface area contributed by atoms with Crippen LogP contribution in [0.15, 0.2) is 23.8 Å². The van der Waals surface area contributed by atoms with Gasteiger partial charge in [0.05, 0.1) is 12.7 Å². The van der Waals surface area contributed by atoms with E-state index in [1.54, 1.807) is 20.8 Å². The lowest BCUT2D eigenvalue weighted by Crippen LogP contribution is -2.71. The van der Waals surface area contributed by atoms with Crippen LogP contribution in [0.25, 0.3) is 0 Å². The number of fused-ring (bicyclic) bond motifs is 5. The van der Waals surface area contributed by atoms with E-state index in [-0.39, 0.29) is 31.4 Å². The fourth-order valence-electron chi connectivity index (χ4n) is 7.65. The Kier molecular flexibility index (Phi) is 6.36. The molecule has 10 heteroatoms. The number of aliphatic hydroxyl groups is 1.